The lowest BCUT2D eigenvalue weighted by atomic mass is 9.73. The van der Waals surface area contributed by atoms with Crippen molar-refractivity contribution in [2.24, 2.45) is 0 Å². The second-order valence-corrected chi connectivity index (χ2v) is 24.3. The van der Waals surface area contributed by atoms with Crippen LogP contribution in [-0.2, 0) is 36.8 Å². The second-order valence-electron chi connectivity index (χ2n) is 24.3. The van der Waals surface area contributed by atoms with Crippen molar-refractivity contribution in [3.63, 3.8) is 0 Å². The molecule has 4 heterocycles. The van der Waals surface area contributed by atoms with Crippen LogP contribution in [0.4, 0.5) is 34.1 Å². The van der Waals surface area contributed by atoms with Crippen molar-refractivity contribution in [1.29, 1.82) is 0 Å². The van der Waals surface area contributed by atoms with E-state index in [0.717, 1.165) is 111 Å². The molecule has 0 saturated heterocycles. The van der Waals surface area contributed by atoms with Crippen LogP contribution >= 0.6 is 0 Å². The molecule has 4 aliphatic heterocycles. The smallest absolute Gasteiger partial charge is 0.270 e. The number of non-ortho nitro benzene ring substituents is 2. The Labute approximate surface area is 520 Å². The topological polar surface area (TPSA) is 117 Å². The number of hydrogen-bond acceptors (Lipinski definition) is 8. The summed E-state index contributed by atoms with van der Waals surface area (Å²) in [6, 6.07) is 73.6. The molecule has 0 spiro atoms. The van der Waals surface area contributed by atoms with Crippen molar-refractivity contribution in [2.45, 2.75) is 50.6 Å². The Morgan fingerprint density at radius 3 is 1.21 bits per heavy atom. The fourth-order valence-corrected chi connectivity index (χ4v) is 14.5. The Balaban J connectivity index is 0.750. The third-order valence-electron chi connectivity index (χ3n) is 18.8. The van der Waals surface area contributed by atoms with E-state index >= 15 is 0 Å². The van der Waals surface area contributed by atoms with Crippen molar-refractivity contribution < 1.29 is 28.5 Å². The first-order valence-electron chi connectivity index (χ1n) is 30.3. The molecule has 2 unspecified atom stereocenters. The summed E-state index contributed by atoms with van der Waals surface area (Å²) in [6.07, 6.45) is 14.0. The Morgan fingerprint density at radius 2 is 0.800 bits per heavy atom. The van der Waals surface area contributed by atoms with E-state index < -0.39 is 10.8 Å². The van der Waals surface area contributed by atoms with Gasteiger partial charge < -0.3 is 19.3 Å². The average molecular weight is 1180 g/mol. The highest BCUT2D eigenvalue weighted by Gasteiger charge is 2.49. The molecule has 0 radical (unpaired) electrons. The lowest BCUT2D eigenvalue weighted by molar-refractivity contribution is -0.401. The highest BCUT2D eigenvalue weighted by atomic mass is 16.6. The van der Waals surface area contributed by atoms with Crippen molar-refractivity contribution in [3.05, 3.63) is 320 Å². The maximum Gasteiger partial charge on any atom is 0.270 e. The molecule has 0 saturated carbocycles. The molecule has 438 valence electrons. The minimum atomic E-state index is -0.549. The van der Waals surface area contributed by atoms with Crippen molar-refractivity contribution >= 4 is 88.6 Å². The van der Waals surface area contributed by atoms with Crippen LogP contribution in [0.1, 0.15) is 47.2 Å². The van der Waals surface area contributed by atoms with E-state index in [1.54, 1.807) is 24.3 Å². The Kier molecular flexibility index (Phi) is 13.4. The van der Waals surface area contributed by atoms with E-state index in [-0.39, 0.29) is 21.2 Å². The van der Waals surface area contributed by atoms with Gasteiger partial charge in [0.05, 0.1) is 45.1 Å². The summed E-state index contributed by atoms with van der Waals surface area (Å²) >= 11 is 0. The fourth-order valence-electron chi connectivity index (χ4n) is 14.5. The molecule has 12 heteroatoms. The summed E-state index contributed by atoms with van der Waals surface area (Å²) in [5.41, 5.74) is 11.8. The maximum atomic E-state index is 12.2. The fraction of sp³-hybridized carbons (Fsp3) is 0.128. The minimum absolute atomic E-state index is 0.0682. The molecule has 12 nitrogen and oxygen atoms in total. The van der Waals surface area contributed by atoms with E-state index in [4.69, 9.17) is 9.47 Å². The van der Waals surface area contributed by atoms with Gasteiger partial charge in [0.15, 0.2) is 22.9 Å². The van der Waals surface area contributed by atoms with Gasteiger partial charge >= 0.3 is 0 Å². The van der Waals surface area contributed by atoms with Gasteiger partial charge in [0, 0.05) is 70.4 Å². The summed E-state index contributed by atoms with van der Waals surface area (Å²) in [5, 5.41) is 32.2. The van der Waals surface area contributed by atoms with Gasteiger partial charge in [0.25, 0.3) is 11.4 Å². The van der Waals surface area contributed by atoms with E-state index in [0.29, 0.717) is 37.7 Å². The SMILES string of the molecule is C[N+]1=C(/C=C/C=C2\Oc3c(ccc4ccccc34)N2Cc2ccc(CN3/C(=C/C=C/C4=[N+](C)c5ccc6ccc([N+](=O)[O-])cc6c5C4(C)Cc4ccccc4)Oc4c3ccc3ccccc43)cc2)C(C)(Cc2ccccc2)c2c1ccc1ccc([N+](=O)[O-])cc21. The normalized spacial score (nSPS) is 18.4. The molecule has 0 bridgehead atoms. The van der Waals surface area contributed by atoms with E-state index in [1.165, 1.54) is 11.1 Å². The summed E-state index contributed by atoms with van der Waals surface area (Å²) in [7, 11) is 4.17. The van der Waals surface area contributed by atoms with Crippen LogP contribution in [0.3, 0.4) is 0 Å². The minimum Gasteiger partial charge on any atom is -0.438 e. The van der Waals surface area contributed by atoms with E-state index in [1.807, 2.05) is 48.5 Å². The first-order valence-corrected chi connectivity index (χ1v) is 30.3. The maximum absolute atomic E-state index is 12.2. The van der Waals surface area contributed by atoms with Crippen molar-refractivity contribution in [3.8, 4) is 11.5 Å². The van der Waals surface area contributed by atoms with Gasteiger partial charge in [-0.05, 0) is 130 Å². The Bertz CT molecular complexity index is 4710. The van der Waals surface area contributed by atoms with Crippen LogP contribution in [0.5, 0.6) is 11.5 Å². The van der Waals surface area contributed by atoms with Crippen LogP contribution in [0.2, 0.25) is 0 Å². The molecule has 2 atom stereocenters. The lowest BCUT2D eigenvalue weighted by Gasteiger charge is -2.24. The molecule has 0 aromatic heterocycles. The molecule has 11 aromatic rings. The molecule has 0 N–H and O–H groups in total. The number of allylic oxidation sites excluding steroid dienone is 6. The van der Waals surface area contributed by atoms with Crippen LogP contribution in [0, 0.1) is 20.2 Å². The van der Waals surface area contributed by atoms with Gasteiger partial charge in [0.1, 0.15) is 14.1 Å². The van der Waals surface area contributed by atoms with Gasteiger partial charge in [-0.15, -0.1) is 0 Å². The van der Waals surface area contributed by atoms with Gasteiger partial charge in [-0.2, -0.15) is 9.15 Å². The number of benzene rings is 11. The van der Waals surface area contributed by atoms with Gasteiger partial charge in [-0.25, -0.2) is 0 Å². The van der Waals surface area contributed by atoms with E-state index in [2.05, 4.69) is 229 Å². The van der Waals surface area contributed by atoms with E-state index in [9.17, 15) is 20.2 Å². The zero-order valence-electron chi connectivity index (χ0n) is 50.2. The predicted molar refractivity (Wildman–Crippen MR) is 360 cm³/mol. The Morgan fingerprint density at radius 1 is 0.433 bits per heavy atom. The predicted octanol–water partition coefficient (Wildman–Crippen LogP) is 17.6. The average Bonchev–Trinajstić information content (AvgIpc) is 1.63. The number of nitrogens with zero attached hydrogens (tertiary/aromatic N) is 6. The second kappa shape index (κ2) is 21.9. The number of ether oxygens (including phenoxy) is 2. The lowest BCUT2D eigenvalue weighted by Crippen LogP contribution is -2.33. The van der Waals surface area contributed by atoms with Crippen molar-refractivity contribution in [1.82, 2.24) is 0 Å². The Hall–Kier alpha value is -11.2. The standard InChI is InChI=1S/C78H62N6O6/c1-77(47-51-17-7-5-8-18-51)69(79(3)65-41-35-57-33-39-59(83(85)86)45-63(57)73(65)77)25-15-27-71-81(67-43-37-55-21-11-13-23-61(55)75(67)89-71)49-53-29-31-54(32-30-53)50-82-68-44-38-56-22-12-14-24-62(56)76(68)90-72(82)28-16-26-70-78(2,48-52-19-9-6-10-20-52)74-64-46-60(84(87)88)40-34-58(64)36-42-66(74)80(70)4/h5-46H,47-50H2,1-4H3/q+2. The molecule has 0 fully saturated rings. The first kappa shape index (κ1) is 55.3. The zero-order chi connectivity index (χ0) is 61.4. The quantitative estimate of drug-likeness (QED) is 0.0600. The van der Waals surface area contributed by atoms with Gasteiger partial charge in [-0.1, -0.05) is 158 Å². The largest absolute Gasteiger partial charge is 0.438 e. The number of nitro groups is 2. The molecule has 15 rings (SSSR count). The molecule has 0 amide bonds. The summed E-state index contributed by atoms with van der Waals surface area (Å²) in [4.78, 5) is 28.2. The molecule has 4 aliphatic rings. The molecular formula is C78H62N6O6+2. The van der Waals surface area contributed by atoms with Crippen LogP contribution in [0.15, 0.2) is 267 Å². The molecule has 90 heavy (non-hydrogen) atoms. The number of nitro benzene ring substituents is 2. The van der Waals surface area contributed by atoms with Crippen molar-refractivity contribution in [2.75, 3.05) is 23.9 Å². The summed E-state index contributed by atoms with van der Waals surface area (Å²) in [6.45, 7) is 5.58. The third-order valence-corrected chi connectivity index (χ3v) is 18.8. The van der Waals surface area contributed by atoms with Gasteiger partial charge in [-0.3, -0.25) is 20.2 Å². The van der Waals surface area contributed by atoms with Crippen LogP contribution in [-0.4, -0.2) is 44.5 Å². The highest BCUT2D eigenvalue weighted by molar-refractivity contribution is 6.10. The number of hydrogen-bond donors (Lipinski definition) is 0. The van der Waals surface area contributed by atoms with Crippen LogP contribution in [0.25, 0.3) is 43.1 Å². The first-order chi connectivity index (χ1) is 43.8. The van der Waals surface area contributed by atoms with Gasteiger partial charge in [0.2, 0.25) is 23.1 Å². The third kappa shape index (κ3) is 9.38. The summed E-state index contributed by atoms with van der Waals surface area (Å²) in [5.74, 6) is 2.99. The highest BCUT2D eigenvalue weighted by Crippen LogP contribution is 2.51. The molecule has 11 aromatic carbocycles. The summed E-state index contributed by atoms with van der Waals surface area (Å²) < 4.78 is 18.3. The van der Waals surface area contributed by atoms with Crippen LogP contribution < -0.4 is 19.3 Å². The molecular weight excluding hydrogens is 1120 g/mol. The monoisotopic (exact) mass is 1180 g/mol. The zero-order valence-corrected chi connectivity index (χ0v) is 50.2. The number of rotatable bonds is 14. The number of fused-ring (bicyclic) bond motifs is 12. The number of anilines is 2. The molecule has 0 aliphatic carbocycles.